The van der Waals surface area contributed by atoms with Crippen molar-refractivity contribution in [3.05, 3.63) is 59.7 Å². The summed E-state index contributed by atoms with van der Waals surface area (Å²) in [6.07, 6.45) is 0. The molecule has 1 atom stereocenters. The highest BCUT2D eigenvalue weighted by atomic mass is 32.2. The zero-order chi connectivity index (χ0) is 20.1. The van der Waals surface area contributed by atoms with Gasteiger partial charge in [0, 0.05) is 22.6 Å². The molecule has 0 aromatic heterocycles. The van der Waals surface area contributed by atoms with Crippen LogP contribution in [0.1, 0.15) is 34.6 Å². The van der Waals surface area contributed by atoms with Crippen LogP contribution in [0, 0.1) is 0 Å². The molecule has 146 valence electrons. The first-order valence-corrected chi connectivity index (χ1v) is 10.2. The second kappa shape index (κ2) is 8.93. The van der Waals surface area contributed by atoms with Crippen LogP contribution in [0.4, 0.5) is 5.69 Å². The van der Waals surface area contributed by atoms with E-state index in [4.69, 9.17) is 4.74 Å². The van der Waals surface area contributed by atoms with E-state index in [0.717, 1.165) is 0 Å². The zero-order valence-corrected chi connectivity index (χ0v) is 16.6. The highest BCUT2D eigenvalue weighted by Gasteiger charge is 2.35. The lowest BCUT2D eigenvalue weighted by Gasteiger charge is -2.23. The molecule has 1 saturated heterocycles. The smallest absolute Gasteiger partial charge is 0.255 e. The van der Waals surface area contributed by atoms with E-state index in [1.54, 1.807) is 53.4 Å². The van der Waals surface area contributed by atoms with Crippen LogP contribution in [0.2, 0.25) is 0 Å². The standard InChI is InChI=1S/C21H22N2O4S/c1-3-27-18-9-7-15(8-10-18)21(26)23-13-28-12-19(23)20(25)22-17-6-4-5-16(11-17)14(2)24/h4-11,19H,3,12-13H2,1-2H3,(H,22,25)/t19-/m1/s1. The molecule has 2 aromatic carbocycles. The fourth-order valence-corrected chi connectivity index (χ4v) is 4.08. The molecular formula is C21H22N2O4S. The maximum absolute atomic E-state index is 12.9. The average Bonchev–Trinajstić information content (AvgIpc) is 3.18. The average molecular weight is 398 g/mol. The number of ether oxygens (including phenoxy) is 1. The number of nitrogens with zero attached hydrogens (tertiary/aromatic N) is 1. The number of hydrogen-bond donors (Lipinski definition) is 1. The zero-order valence-electron chi connectivity index (χ0n) is 15.8. The third kappa shape index (κ3) is 4.54. The van der Waals surface area contributed by atoms with Gasteiger partial charge in [-0.3, -0.25) is 14.4 Å². The Morgan fingerprint density at radius 3 is 2.57 bits per heavy atom. The molecule has 0 bridgehead atoms. The highest BCUT2D eigenvalue weighted by molar-refractivity contribution is 7.99. The van der Waals surface area contributed by atoms with Gasteiger partial charge in [0.05, 0.1) is 12.5 Å². The molecule has 0 radical (unpaired) electrons. The Balaban J connectivity index is 1.71. The molecular weight excluding hydrogens is 376 g/mol. The number of amides is 2. The summed E-state index contributed by atoms with van der Waals surface area (Å²) >= 11 is 1.54. The lowest BCUT2D eigenvalue weighted by Crippen LogP contribution is -2.44. The van der Waals surface area contributed by atoms with E-state index in [1.807, 2.05) is 6.92 Å². The molecule has 0 unspecified atom stereocenters. The molecule has 0 saturated carbocycles. The van der Waals surface area contributed by atoms with E-state index in [1.165, 1.54) is 18.7 Å². The van der Waals surface area contributed by atoms with Gasteiger partial charge in [-0.1, -0.05) is 12.1 Å². The van der Waals surface area contributed by atoms with Crippen molar-refractivity contribution in [3.63, 3.8) is 0 Å². The molecule has 1 aliphatic rings. The second-order valence-corrected chi connectivity index (χ2v) is 7.37. The van der Waals surface area contributed by atoms with Crippen molar-refractivity contribution in [2.45, 2.75) is 19.9 Å². The lowest BCUT2D eigenvalue weighted by molar-refractivity contribution is -0.119. The van der Waals surface area contributed by atoms with Gasteiger partial charge in [-0.25, -0.2) is 0 Å². The summed E-state index contributed by atoms with van der Waals surface area (Å²) in [6, 6.07) is 13.1. The normalized spacial score (nSPS) is 15.9. The van der Waals surface area contributed by atoms with E-state index in [9.17, 15) is 14.4 Å². The largest absolute Gasteiger partial charge is 0.494 e. The van der Waals surface area contributed by atoms with Gasteiger partial charge in [-0.2, -0.15) is 0 Å². The summed E-state index contributed by atoms with van der Waals surface area (Å²) in [6.45, 7) is 3.94. The van der Waals surface area contributed by atoms with Gasteiger partial charge in [-0.15, -0.1) is 11.8 Å². The van der Waals surface area contributed by atoms with Crippen LogP contribution in [0.25, 0.3) is 0 Å². The number of anilines is 1. The second-order valence-electron chi connectivity index (χ2n) is 6.37. The minimum Gasteiger partial charge on any atom is -0.494 e. The van der Waals surface area contributed by atoms with Gasteiger partial charge >= 0.3 is 0 Å². The molecule has 7 heteroatoms. The van der Waals surface area contributed by atoms with Gasteiger partial charge in [0.2, 0.25) is 5.91 Å². The van der Waals surface area contributed by atoms with E-state index >= 15 is 0 Å². The number of benzene rings is 2. The fourth-order valence-electron chi connectivity index (χ4n) is 2.93. The SMILES string of the molecule is CCOc1ccc(C(=O)N2CSC[C@@H]2C(=O)Nc2cccc(C(C)=O)c2)cc1. The molecule has 6 nitrogen and oxygen atoms in total. The molecule has 1 fully saturated rings. The summed E-state index contributed by atoms with van der Waals surface area (Å²) < 4.78 is 5.40. The van der Waals surface area contributed by atoms with E-state index in [-0.39, 0.29) is 17.6 Å². The van der Waals surface area contributed by atoms with E-state index in [2.05, 4.69) is 5.32 Å². The third-order valence-electron chi connectivity index (χ3n) is 4.39. The van der Waals surface area contributed by atoms with Crippen molar-refractivity contribution in [2.75, 3.05) is 23.6 Å². The number of carbonyl (C=O) groups is 3. The van der Waals surface area contributed by atoms with Crippen LogP contribution in [0.5, 0.6) is 5.75 Å². The van der Waals surface area contributed by atoms with Crippen LogP contribution in [0.3, 0.4) is 0 Å². The van der Waals surface area contributed by atoms with Gasteiger partial charge in [0.1, 0.15) is 11.8 Å². The summed E-state index contributed by atoms with van der Waals surface area (Å²) in [5.41, 5.74) is 1.59. The minimum atomic E-state index is -0.565. The van der Waals surface area contributed by atoms with Crippen LogP contribution in [-0.4, -0.2) is 46.8 Å². The molecule has 0 aliphatic carbocycles. The first-order valence-electron chi connectivity index (χ1n) is 9.03. The van der Waals surface area contributed by atoms with Crippen molar-refractivity contribution in [1.82, 2.24) is 4.90 Å². The number of nitrogens with one attached hydrogen (secondary N) is 1. The van der Waals surface area contributed by atoms with Crippen molar-refractivity contribution < 1.29 is 19.1 Å². The van der Waals surface area contributed by atoms with E-state index < -0.39 is 6.04 Å². The van der Waals surface area contributed by atoms with Crippen LogP contribution in [0.15, 0.2) is 48.5 Å². The summed E-state index contributed by atoms with van der Waals surface area (Å²) in [7, 11) is 0. The van der Waals surface area contributed by atoms with Gasteiger partial charge in [-0.05, 0) is 50.2 Å². The molecule has 1 aliphatic heterocycles. The molecule has 1 heterocycles. The Kier molecular flexibility index (Phi) is 6.36. The molecule has 1 N–H and O–H groups in total. The van der Waals surface area contributed by atoms with Crippen molar-refractivity contribution in [2.24, 2.45) is 0 Å². The maximum Gasteiger partial charge on any atom is 0.255 e. The van der Waals surface area contributed by atoms with Crippen molar-refractivity contribution in [3.8, 4) is 5.75 Å². The number of carbonyl (C=O) groups excluding carboxylic acids is 3. The van der Waals surface area contributed by atoms with Crippen LogP contribution < -0.4 is 10.1 Å². The predicted molar refractivity (Wildman–Crippen MR) is 110 cm³/mol. The van der Waals surface area contributed by atoms with Crippen molar-refractivity contribution >= 4 is 35.0 Å². The van der Waals surface area contributed by atoms with Crippen LogP contribution >= 0.6 is 11.8 Å². The number of rotatable bonds is 6. The first-order chi connectivity index (χ1) is 13.5. The number of hydrogen-bond acceptors (Lipinski definition) is 5. The van der Waals surface area contributed by atoms with Crippen molar-refractivity contribution in [1.29, 1.82) is 0 Å². The molecule has 0 spiro atoms. The van der Waals surface area contributed by atoms with Crippen LogP contribution in [-0.2, 0) is 4.79 Å². The molecule has 2 aromatic rings. The molecule has 3 rings (SSSR count). The Morgan fingerprint density at radius 1 is 1.14 bits per heavy atom. The molecule has 2 amide bonds. The lowest BCUT2D eigenvalue weighted by atomic mass is 10.1. The number of ketones is 1. The monoisotopic (exact) mass is 398 g/mol. The Morgan fingerprint density at radius 2 is 1.89 bits per heavy atom. The third-order valence-corrected chi connectivity index (χ3v) is 5.41. The Bertz CT molecular complexity index is 882. The van der Waals surface area contributed by atoms with Gasteiger partial charge in [0.15, 0.2) is 5.78 Å². The Hall–Kier alpha value is -2.80. The maximum atomic E-state index is 12.9. The predicted octanol–water partition coefficient (Wildman–Crippen LogP) is 3.44. The quantitative estimate of drug-likeness (QED) is 0.755. The highest BCUT2D eigenvalue weighted by Crippen LogP contribution is 2.25. The number of Topliss-reactive ketones (excluding diaryl/α,β-unsaturated/α-hetero) is 1. The summed E-state index contributed by atoms with van der Waals surface area (Å²) in [4.78, 5) is 38.7. The summed E-state index contributed by atoms with van der Waals surface area (Å²) in [5, 5.41) is 2.82. The minimum absolute atomic E-state index is 0.0696. The van der Waals surface area contributed by atoms with Gasteiger partial charge < -0.3 is 15.0 Å². The summed E-state index contributed by atoms with van der Waals surface area (Å²) in [5.74, 6) is 1.17. The fraction of sp³-hybridized carbons (Fsp3) is 0.286. The van der Waals surface area contributed by atoms with Gasteiger partial charge in [0.25, 0.3) is 5.91 Å². The topological polar surface area (TPSA) is 75.7 Å². The van der Waals surface area contributed by atoms with E-state index in [0.29, 0.717) is 40.8 Å². The number of thioether (sulfide) groups is 1. The molecule has 28 heavy (non-hydrogen) atoms. The first kappa shape index (κ1) is 19.9. The Labute approximate surface area is 168 Å².